The average molecular weight is 509 g/mol. The summed E-state index contributed by atoms with van der Waals surface area (Å²) in [6.45, 7) is 8.05. The lowest BCUT2D eigenvalue weighted by Gasteiger charge is -2.21. The molecule has 0 unspecified atom stereocenters. The number of hydrogen-bond acceptors (Lipinski definition) is 5. The van der Waals surface area contributed by atoms with Crippen LogP contribution < -0.4 is 14.4 Å². The maximum absolute atomic E-state index is 14.3. The monoisotopic (exact) mass is 508 g/mol. The highest BCUT2D eigenvalue weighted by atomic mass is 19.1. The van der Waals surface area contributed by atoms with Gasteiger partial charge in [0.2, 0.25) is 0 Å². The minimum atomic E-state index is -0.318. The lowest BCUT2D eigenvalue weighted by atomic mass is 9.92. The van der Waals surface area contributed by atoms with Crippen LogP contribution in [0.3, 0.4) is 0 Å². The Hall–Kier alpha value is -3.25. The van der Waals surface area contributed by atoms with Crippen molar-refractivity contribution >= 4 is 5.69 Å². The van der Waals surface area contributed by atoms with Crippen LogP contribution in [0.15, 0.2) is 60.7 Å². The Kier molecular flexibility index (Phi) is 11.1. The number of fused-ring (bicyclic) bond motifs is 1. The topological polar surface area (TPSA) is 45.2 Å². The number of methoxy groups -OCH3 is 1. The van der Waals surface area contributed by atoms with Crippen LogP contribution in [0.1, 0.15) is 43.4 Å². The van der Waals surface area contributed by atoms with E-state index < -0.39 is 0 Å². The van der Waals surface area contributed by atoms with E-state index in [1.807, 2.05) is 49.5 Å². The van der Waals surface area contributed by atoms with Crippen molar-refractivity contribution in [3.05, 3.63) is 83.2 Å². The predicted molar refractivity (Wildman–Crippen MR) is 150 cm³/mol. The van der Waals surface area contributed by atoms with E-state index in [0.29, 0.717) is 24.7 Å². The molecular weight excluding hydrogens is 467 g/mol. The molecule has 3 aromatic rings. The van der Waals surface area contributed by atoms with Gasteiger partial charge in [-0.3, -0.25) is 0 Å². The summed E-state index contributed by atoms with van der Waals surface area (Å²) in [6, 6.07) is 18.7. The maximum atomic E-state index is 14.3. The van der Waals surface area contributed by atoms with Crippen LogP contribution in [0, 0.1) is 5.82 Å². The highest BCUT2D eigenvalue weighted by molar-refractivity contribution is 5.50. The number of phenols is 1. The zero-order valence-corrected chi connectivity index (χ0v) is 22.7. The fourth-order valence-electron chi connectivity index (χ4n) is 4.52. The number of nitrogens with zero attached hydrogens (tertiary/aromatic N) is 2. The number of rotatable bonds is 10. The quantitative estimate of drug-likeness (QED) is 0.340. The number of anilines is 1. The molecule has 200 valence electrons. The van der Waals surface area contributed by atoms with E-state index in [1.165, 1.54) is 30.4 Å². The molecule has 1 aliphatic rings. The second-order valence-corrected chi connectivity index (χ2v) is 9.36. The summed E-state index contributed by atoms with van der Waals surface area (Å²) in [6.07, 6.45) is 4.91. The number of aryl methyl sites for hydroxylation is 2. The van der Waals surface area contributed by atoms with Crippen LogP contribution in [0.25, 0.3) is 0 Å². The van der Waals surface area contributed by atoms with Gasteiger partial charge in [0.25, 0.3) is 0 Å². The number of aromatic hydroxyl groups is 1. The molecule has 4 rings (SSSR count). The molecule has 37 heavy (non-hydrogen) atoms. The van der Waals surface area contributed by atoms with Gasteiger partial charge < -0.3 is 24.4 Å². The lowest BCUT2D eigenvalue weighted by Crippen LogP contribution is -2.28. The zero-order valence-electron chi connectivity index (χ0n) is 22.7. The molecule has 0 saturated heterocycles. The molecule has 0 aliphatic heterocycles. The van der Waals surface area contributed by atoms with E-state index >= 15 is 0 Å². The molecule has 0 bridgehead atoms. The zero-order chi connectivity index (χ0) is 26.6. The van der Waals surface area contributed by atoms with Crippen molar-refractivity contribution in [2.45, 2.75) is 46.1 Å². The van der Waals surface area contributed by atoms with Gasteiger partial charge in [0.15, 0.2) is 11.6 Å². The number of benzene rings is 3. The largest absolute Gasteiger partial charge is 0.508 e. The fourth-order valence-corrected chi connectivity index (χ4v) is 4.52. The molecule has 6 heteroatoms. The fraction of sp³-hybridized carbons (Fsp3) is 0.419. The smallest absolute Gasteiger partial charge is 0.165 e. The summed E-state index contributed by atoms with van der Waals surface area (Å²) in [5.41, 5.74) is 4.68. The van der Waals surface area contributed by atoms with E-state index in [0.717, 1.165) is 43.1 Å². The molecule has 0 aromatic heterocycles. The van der Waals surface area contributed by atoms with E-state index in [1.54, 1.807) is 25.3 Å². The molecular formula is C31H41FN2O3. The summed E-state index contributed by atoms with van der Waals surface area (Å²) >= 11 is 0. The van der Waals surface area contributed by atoms with Crippen LogP contribution in [-0.4, -0.2) is 50.4 Å². The second kappa shape index (κ2) is 14.5. The van der Waals surface area contributed by atoms with Crippen LogP contribution in [0.5, 0.6) is 17.2 Å². The summed E-state index contributed by atoms with van der Waals surface area (Å²) in [4.78, 5) is 4.30. The summed E-state index contributed by atoms with van der Waals surface area (Å²) < 4.78 is 25.2. The third-order valence-electron chi connectivity index (χ3n) is 6.80. The Morgan fingerprint density at radius 1 is 0.919 bits per heavy atom. The van der Waals surface area contributed by atoms with Gasteiger partial charge in [-0.2, -0.15) is 0 Å². The molecule has 1 aliphatic carbocycles. The molecule has 3 aromatic carbocycles. The summed E-state index contributed by atoms with van der Waals surface area (Å²) in [7, 11) is 3.62. The summed E-state index contributed by atoms with van der Waals surface area (Å²) in [5, 5.41) is 9.19. The lowest BCUT2D eigenvalue weighted by molar-refractivity contribution is 0.217. The molecule has 0 spiro atoms. The van der Waals surface area contributed by atoms with Gasteiger partial charge in [0.05, 0.1) is 7.11 Å². The number of phenolic OH excluding ortho intramolecular Hbond substituents is 1. The van der Waals surface area contributed by atoms with E-state index in [2.05, 4.69) is 23.6 Å². The SMILES string of the molecule is CCN(CC)CCOc1ccc(CN(C)c2cccc(OC)c2)cc1F.Oc1ccc2c(c1)CCCC2. The molecule has 0 saturated carbocycles. The minimum Gasteiger partial charge on any atom is -0.508 e. The second-order valence-electron chi connectivity index (χ2n) is 9.36. The third-order valence-corrected chi connectivity index (χ3v) is 6.80. The molecule has 0 heterocycles. The minimum absolute atomic E-state index is 0.310. The first-order valence-electron chi connectivity index (χ1n) is 13.2. The maximum Gasteiger partial charge on any atom is 0.165 e. The van der Waals surface area contributed by atoms with Crippen molar-refractivity contribution in [1.82, 2.24) is 4.90 Å². The Morgan fingerprint density at radius 2 is 1.68 bits per heavy atom. The predicted octanol–water partition coefficient (Wildman–Crippen LogP) is 6.46. The molecule has 0 amide bonds. The van der Waals surface area contributed by atoms with Crippen LogP contribution in [0.2, 0.25) is 0 Å². The first kappa shape index (κ1) is 28.3. The highest BCUT2D eigenvalue weighted by Crippen LogP contribution is 2.25. The number of likely N-dealkylation sites (N-methyl/N-ethyl adjacent to an activating group) is 1. The van der Waals surface area contributed by atoms with Crippen molar-refractivity contribution in [2.75, 3.05) is 45.3 Å². The Balaban J connectivity index is 0.000000284. The van der Waals surface area contributed by atoms with Crippen molar-refractivity contribution < 1.29 is 19.0 Å². The molecule has 5 nitrogen and oxygen atoms in total. The molecule has 0 radical (unpaired) electrons. The van der Waals surface area contributed by atoms with Crippen LogP contribution >= 0.6 is 0 Å². The standard InChI is InChI=1S/C21H29FN2O2.C10H12O/c1-5-24(6-2)12-13-26-21-11-10-17(14-20(21)22)16-23(3)18-8-7-9-19(15-18)25-4;11-10-6-5-8-3-1-2-4-9(8)7-10/h7-11,14-15H,5-6,12-13,16H2,1-4H3;5-7,11H,1-4H2. The van der Waals surface area contributed by atoms with Crippen LogP contribution in [-0.2, 0) is 19.4 Å². The average Bonchev–Trinajstić information content (AvgIpc) is 2.92. The molecule has 0 fully saturated rings. The van der Waals surface area contributed by atoms with Gasteiger partial charge >= 0.3 is 0 Å². The molecule has 0 atom stereocenters. The van der Waals surface area contributed by atoms with Gasteiger partial charge in [0, 0.05) is 31.9 Å². The number of hydrogen-bond donors (Lipinski definition) is 1. The summed E-state index contributed by atoms with van der Waals surface area (Å²) in [5.74, 6) is 1.20. The van der Waals surface area contributed by atoms with Gasteiger partial charge in [0.1, 0.15) is 18.1 Å². The first-order chi connectivity index (χ1) is 17.9. The molecule has 1 N–H and O–H groups in total. The Labute approximate surface area is 221 Å². The van der Waals surface area contributed by atoms with Crippen molar-refractivity contribution in [3.8, 4) is 17.2 Å². The number of halogens is 1. The van der Waals surface area contributed by atoms with Crippen LogP contribution in [0.4, 0.5) is 10.1 Å². The first-order valence-corrected chi connectivity index (χ1v) is 13.2. The highest BCUT2D eigenvalue weighted by Gasteiger charge is 2.10. The number of ether oxygens (including phenoxy) is 2. The Bertz CT molecular complexity index is 1120. The van der Waals surface area contributed by atoms with E-state index in [4.69, 9.17) is 9.47 Å². The normalized spacial score (nSPS) is 12.4. The van der Waals surface area contributed by atoms with Crippen molar-refractivity contribution in [3.63, 3.8) is 0 Å². The van der Waals surface area contributed by atoms with E-state index in [-0.39, 0.29) is 5.82 Å². The van der Waals surface area contributed by atoms with E-state index in [9.17, 15) is 9.50 Å². The van der Waals surface area contributed by atoms with Gasteiger partial charge in [-0.15, -0.1) is 0 Å². The van der Waals surface area contributed by atoms with Crippen molar-refractivity contribution in [1.29, 1.82) is 0 Å². The van der Waals surface area contributed by atoms with Gasteiger partial charge in [-0.05, 0) is 91.9 Å². The van der Waals surface area contributed by atoms with Gasteiger partial charge in [-0.1, -0.05) is 32.0 Å². The third kappa shape index (κ3) is 8.67. The van der Waals surface area contributed by atoms with Gasteiger partial charge in [-0.25, -0.2) is 4.39 Å². The Morgan fingerprint density at radius 3 is 2.38 bits per heavy atom. The van der Waals surface area contributed by atoms with Crippen molar-refractivity contribution in [2.24, 2.45) is 0 Å².